The SMILES string of the molecule is CC1OCCC1C(CCS(C)(=O)=O)NN. The van der Waals surface area contributed by atoms with Gasteiger partial charge in [-0.15, -0.1) is 0 Å². The highest BCUT2D eigenvalue weighted by Crippen LogP contribution is 2.25. The first-order valence-electron chi connectivity index (χ1n) is 5.19. The second-order valence-electron chi connectivity index (χ2n) is 4.22. The highest BCUT2D eigenvalue weighted by Gasteiger charge is 2.31. The zero-order chi connectivity index (χ0) is 11.5. The van der Waals surface area contributed by atoms with E-state index in [0.717, 1.165) is 13.0 Å². The van der Waals surface area contributed by atoms with Gasteiger partial charge in [-0.2, -0.15) is 0 Å². The monoisotopic (exact) mass is 236 g/mol. The Morgan fingerprint density at radius 3 is 2.67 bits per heavy atom. The zero-order valence-electron chi connectivity index (χ0n) is 9.27. The van der Waals surface area contributed by atoms with Crippen LogP contribution in [0.4, 0.5) is 0 Å². The van der Waals surface area contributed by atoms with Crippen LogP contribution in [0.1, 0.15) is 19.8 Å². The van der Waals surface area contributed by atoms with Gasteiger partial charge in [0.1, 0.15) is 9.84 Å². The maximum Gasteiger partial charge on any atom is 0.147 e. The summed E-state index contributed by atoms with van der Waals surface area (Å²) in [5.74, 6) is 5.93. The van der Waals surface area contributed by atoms with Gasteiger partial charge in [0.15, 0.2) is 0 Å². The number of rotatable bonds is 5. The summed E-state index contributed by atoms with van der Waals surface area (Å²) in [6.45, 7) is 2.74. The van der Waals surface area contributed by atoms with E-state index in [1.165, 1.54) is 6.26 Å². The van der Waals surface area contributed by atoms with Crippen LogP contribution in [0.3, 0.4) is 0 Å². The Labute approximate surface area is 91.3 Å². The molecule has 0 aromatic carbocycles. The first kappa shape index (κ1) is 12.9. The van der Waals surface area contributed by atoms with Gasteiger partial charge in [-0.1, -0.05) is 0 Å². The molecule has 0 spiro atoms. The highest BCUT2D eigenvalue weighted by molar-refractivity contribution is 7.90. The Hall–Kier alpha value is -0.170. The molecule has 5 nitrogen and oxygen atoms in total. The first-order chi connectivity index (χ1) is 6.94. The smallest absolute Gasteiger partial charge is 0.147 e. The minimum absolute atomic E-state index is 0.0252. The van der Waals surface area contributed by atoms with Crippen molar-refractivity contribution in [2.45, 2.75) is 31.9 Å². The third-order valence-corrected chi connectivity index (χ3v) is 3.94. The van der Waals surface area contributed by atoms with Crippen molar-refractivity contribution in [2.75, 3.05) is 18.6 Å². The van der Waals surface area contributed by atoms with Crippen molar-refractivity contribution in [2.24, 2.45) is 11.8 Å². The number of nitrogens with one attached hydrogen (secondary N) is 1. The molecule has 1 fully saturated rings. The van der Waals surface area contributed by atoms with E-state index in [0.29, 0.717) is 12.3 Å². The van der Waals surface area contributed by atoms with Crippen molar-refractivity contribution in [1.82, 2.24) is 5.43 Å². The van der Waals surface area contributed by atoms with E-state index in [9.17, 15) is 8.42 Å². The van der Waals surface area contributed by atoms with E-state index in [4.69, 9.17) is 10.6 Å². The van der Waals surface area contributed by atoms with E-state index < -0.39 is 9.84 Å². The molecule has 0 aliphatic carbocycles. The summed E-state index contributed by atoms with van der Waals surface area (Å²) in [7, 11) is -2.91. The predicted octanol–water partition coefficient (Wildman–Crippen LogP) is -0.322. The molecular weight excluding hydrogens is 216 g/mol. The molecule has 1 rings (SSSR count). The van der Waals surface area contributed by atoms with Crippen LogP contribution in [0.5, 0.6) is 0 Å². The lowest BCUT2D eigenvalue weighted by Crippen LogP contribution is -2.44. The molecule has 1 saturated heterocycles. The van der Waals surface area contributed by atoms with E-state index in [-0.39, 0.29) is 17.9 Å². The van der Waals surface area contributed by atoms with Gasteiger partial charge in [-0.05, 0) is 19.8 Å². The summed E-state index contributed by atoms with van der Waals surface area (Å²) in [5.41, 5.74) is 2.70. The van der Waals surface area contributed by atoms with Gasteiger partial charge >= 0.3 is 0 Å². The molecule has 0 aromatic rings. The number of nitrogens with two attached hydrogens (primary N) is 1. The highest BCUT2D eigenvalue weighted by atomic mass is 32.2. The Morgan fingerprint density at radius 2 is 2.27 bits per heavy atom. The van der Waals surface area contributed by atoms with Crippen LogP contribution in [0.2, 0.25) is 0 Å². The second-order valence-corrected chi connectivity index (χ2v) is 6.48. The summed E-state index contributed by atoms with van der Waals surface area (Å²) < 4.78 is 27.5. The van der Waals surface area contributed by atoms with Crippen molar-refractivity contribution in [3.63, 3.8) is 0 Å². The number of hydrogen-bond donors (Lipinski definition) is 2. The zero-order valence-corrected chi connectivity index (χ0v) is 10.1. The Kier molecular flexibility index (Phi) is 4.51. The van der Waals surface area contributed by atoms with E-state index in [1.807, 2.05) is 6.92 Å². The van der Waals surface area contributed by atoms with Gasteiger partial charge in [-0.25, -0.2) is 8.42 Å². The van der Waals surface area contributed by atoms with Crippen molar-refractivity contribution in [3.8, 4) is 0 Å². The summed E-state index contributed by atoms with van der Waals surface area (Å²) in [6, 6.07) is 0.0252. The number of sulfone groups is 1. The minimum Gasteiger partial charge on any atom is -0.378 e. The van der Waals surface area contributed by atoms with E-state index in [2.05, 4.69) is 5.43 Å². The largest absolute Gasteiger partial charge is 0.378 e. The van der Waals surface area contributed by atoms with Crippen molar-refractivity contribution in [1.29, 1.82) is 0 Å². The van der Waals surface area contributed by atoms with Crippen molar-refractivity contribution in [3.05, 3.63) is 0 Å². The van der Waals surface area contributed by atoms with Gasteiger partial charge in [0.05, 0.1) is 11.9 Å². The van der Waals surface area contributed by atoms with Crippen LogP contribution in [0.25, 0.3) is 0 Å². The molecule has 15 heavy (non-hydrogen) atoms. The maximum atomic E-state index is 11.0. The van der Waals surface area contributed by atoms with Crippen LogP contribution >= 0.6 is 0 Å². The fourth-order valence-corrected chi connectivity index (χ4v) is 2.72. The summed E-state index contributed by atoms with van der Waals surface area (Å²) in [4.78, 5) is 0. The first-order valence-corrected chi connectivity index (χ1v) is 7.25. The molecule has 1 aliphatic rings. The normalized spacial score (nSPS) is 29.3. The van der Waals surface area contributed by atoms with Gasteiger partial charge in [0.2, 0.25) is 0 Å². The Balaban J connectivity index is 2.48. The lowest BCUT2D eigenvalue weighted by Gasteiger charge is -2.24. The van der Waals surface area contributed by atoms with Crippen LogP contribution in [-0.4, -0.2) is 39.2 Å². The van der Waals surface area contributed by atoms with Gasteiger partial charge in [0, 0.05) is 24.8 Å². The van der Waals surface area contributed by atoms with Crippen molar-refractivity contribution >= 4 is 9.84 Å². The molecule has 0 amide bonds. The molecule has 3 atom stereocenters. The molecule has 0 radical (unpaired) electrons. The standard InChI is InChI=1S/C9H20N2O3S/c1-7-8(3-5-14-7)9(11-10)4-6-15(2,12)13/h7-9,11H,3-6,10H2,1-2H3. The minimum atomic E-state index is -2.91. The lowest BCUT2D eigenvalue weighted by molar-refractivity contribution is 0.0950. The topological polar surface area (TPSA) is 81.4 Å². The second kappa shape index (κ2) is 5.25. The quantitative estimate of drug-likeness (QED) is 0.505. The molecule has 90 valence electrons. The van der Waals surface area contributed by atoms with Gasteiger partial charge < -0.3 is 4.74 Å². The molecule has 0 bridgehead atoms. The Morgan fingerprint density at radius 1 is 1.60 bits per heavy atom. The van der Waals surface area contributed by atoms with E-state index >= 15 is 0 Å². The molecule has 1 heterocycles. The fourth-order valence-electron chi connectivity index (χ4n) is 2.04. The number of hydrogen-bond acceptors (Lipinski definition) is 5. The van der Waals surface area contributed by atoms with Crippen molar-refractivity contribution < 1.29 is 13.2 Å². The van der Waals surface area contributed by atoms with E-state index in [1.54, 1.807) is 0 Å². The molecule has 3 N–H and O–H groups in total. The number of ether oxygens (including phenoxy) is 1. The summed E-state index contributed by atoms with van der Waals surface area (Å²) >= 11 is 0. The van der Waals surface area contributed by atoms with Crippen LogP contribution < -0.4 is 11.3 Å². The third-order valence-electron chi connectivity index (χ3n) is 2.97. The molecule has 0 aromatic heterocycles. The molecule has 1 aliphatic heterocycles. The molecule has 3 unspecified atom stereocenters. The van der Waals surface area contributed by atoms with Crippen LogP contribution in [-0.2, 0) is 14.6 Å². The molecule has 0 saturated carbocycles. The summed E-state index contributed by atoms with van der Waals surface area (Å²) in [5, 5.41) is 0. The fraction of sp³-hybridized carbons (Fsp3) is 1.00. The summed E-state index contributed by atoms with van der Waals surface area (Å²) in [6.07, 6.45) is 2.90. The maximum absolute atomic E-state index is 11.0. The van der Waals surface area contributed by atoms with Gasteiger partial charge in [0.25, 0.3) is 0 Å². The Bertz CT molecular complexity index is 292. The molecular formula is C9H20N2O3S. The van der Waals surface area contributed by atoms with Crippen LogP contribution in [0, 0.1) is 5.92 Å². The average Bonchev–Trinajstić information content (AvgIpc) is 2.52. The lowest BCUT2D eigenvalue weighted by atomic mass is 9.92. The molecule has 6 heteroatoms. The average molecular weight is 236 g/mol. The number of hydrazine groups is 1. The van der Waals surface area contributed by atoms with Gasteiger partial charge in [-0.3, -0.25) is 11.3 Å². The predicted molar refractivity (Wildman–Crippen MR) is 59.0 cm³/mol. The van der Waals surface area contributed by atoms with Crippen LogP contribution in [0.15, 0.2) is 0 Å². The third kappa shape index (κ3) is 4.06.